The van der Waals surface area contributed by atoms with Crippen molar-refractivity contribution in [3.63, 3.8) is 0 Å². The molecule has 0 saturated carbocycles. The lowest BCUT2D eigenvalue weighted by Crippen LogP contribution is -2.36. The highest BCUT2D eigenvalue weighted by molar-refractivity contribution is 6.34. The Morgan fingerprint density at radius 3 is 2.50 bits per heavy atom. The van der Waals surface area contributed by atoms with E-state index in [-0.39, 0.29) is 18.4 Å². The van der Waals surface area contributed by atoms with Crippen LogP contribution in [-0.2, 0) is 9.53 Å². The van der Waals surface area contributed by atoms with Crippen LogP contribution in [0.15, 0.2) is 18.2 Å². The number of ether oxygens (including phenoxy) is 1. The Bertz CT molecular complexity index is 455. The zero-order valence-corrected chi connectivity index (χ0v) is 12.5. The Kier molecular flexibility index (Phi) is 5.66. The Labute approximate surface area is 128 Å². The number of hydrogen-bond acceptors (Lipinski definition) is 3. The third-order valence-corrected chi connectivity index (χ3v) is 3.77. The molecular weight excluding hydrogens is 301 g/mol. The number of amides is 1. The maximum absolute atomic E-state index is 11.9. The minimum Gasteiger partial charge on any atom is -0.387 e. The van der Waals surface area contributed by atoms with Gasteiger partial charge in [0.2, 0.25) is 5.91 Å². The third kappa shape index (κ3) is 4.35. The minimum atomic E-state index is -0.824. The highest BCUT2D eigenvalue weighted by Gasteiger charge is 2.22. The molecular formula is C14H17Cl2NO3. The summed E-state index contributed by atoms with van der Waals surface area (Å²) in [6, 6.07) is 4.87. The van der Waals surface area contributed by atoms with Gasteiger partial charge >= 0.3 is 0 Å². The maximum atomic E-state index is 11.9. The van der Waals surface area contributed by atoms with E-state index in [0.29, 0.717) is 28.8 Å². The molecule has 4 nitrogen and oxygen atoms in total. The first kappa shape index (κ1) is 15.6. The van der Waals surface area contributed by atoms with E-state index in [1.807, 2.05) is 0 Å². The number of aliphatic hydroxyl groups excluding tert-OH is 1. The lowest BCUT2D eigenvalue weighted by atomic mass is 9.99. The van der Waals surface area contributed by atoms with E-state index in [9.17, 15) is 9.90 Å². The SMILES string of the molecule is O=C(NC[C@H](O)c1cc(Cl)cc(Cl)c1)C1CCOCC1. The molecule has 1 heterocycles. The molecule has 6 heteroatoms. The van der Waals surface area contributed by atoms with Gasteiger partial charge in [-0.1, -0.05) is 23.2 Å². The summed E-state index contributed by atoms with van der Waals surface area (Å²) in [6.07, 6.45) is 0.630. The molecule has 0 aromatic heterocycles. The van der Waals surface area contributed by atoms with Crippen LogP contribution in [0.4, 0.5) is 0 Å². The maximum Gasteiger partial charge on any atom is 0.223 e. The van der Waals surface area contributed by atoms with Crippen LogP contribution in [0.2, 0.25) is 10.0 Å². The van der Waals surface area contributed by atoms with Crippen molar-refractivity contribution >= 4 is 29.1 Å². The van der Waals surface area contributed by atoms with Crippen LogP contribution in [-0.4, -0.2) is 30.8 Å². The summed E-state index contributed by atoms with van der Waals surface area (Å²) in [6.45, 7) is 1.38. The molecule has 1 fully saturated rings. The predicted octanol–water partition coefficient (Wildman–Crippen LogP) is 2.57. The fourth-order valence-electron chi connectivity index (χ4n) is 2.19. The summed E-state index contributed by atoms with van der Waals surface area (Å²) < 4.78 is 5.21. The van der Waals surface area contributed by atoms with Crippen molar-refractivity contribution in [3.05, 3.63) is 33.8 Å². The Morgan fingerprint density at radius 2 is 1.90 bits per heavy atom. The van der Waals surface area contributed by atoms with Crippen molar-refractivity contribution in [2.45, 2.75) is 18.9 Å². The molecule has 2 rings (SSSR count). The van der Waals surface area contributed by atoms with E-state index in [2.05, 4.69) is 5.32 Å². The quantitative estimate of drug-likeness (QED) is 0.897. The first-order chi connectivity index (χ1) is 9.56. The molecule has 1 aliphatic rings. The molecule has 0 unspecified atom stereocenters. The van der Waals surface area contributed by atoms with Crippen molar-refractivity contribution in [2.75, 3.05) is 19.8 Å². The summed E-state index contributed by atoms with van der Waals surface area (Å²) in [4.78, 5) is 11.9. The zero-order valence-electron chi connectivity index (χ0n) is 10.9. The number of rotatable bonds is 4. The standard InChI is InChI=1S/C14H17Cl2NO3/c15-11-5-10(6-12(16)7-11)13(18)8-17-14(19)9-1-3-20-4-2-9/h5-7,9,13,18H,1-4,8H2,(H,17,19)/t13-/m0/s1. The zero-order chi connectivity index (χ0) is 14.5. The third-order valence-electron chi connectivity index (χ3n) is 3.33. The smallest absolute Gasteiger partial charge is 0.223 e. The number of carbonyl (C=O) groups excluding carboxylic acids is 1. The number of aliphatic hydroxyl groups is 1. The Morgan fingerprint density at radius 1 is 1.30 bits per heavy atom. The minimum absolute atomic E-state index is 0.0288. The molecule has 1 amide bonds. The van der Waals surface area contributed by atoms with Crippen molar-refractivity contribution < 1.29 is 14.6 Å². The Hall–Kier alpha value is -0.810. The average molecular weight is 318 g/mol. The van der Waals surface area contributed by atoms with Gasteiger partial charge in [0.25, 0.3) is 0 Å². The summed E-state index contributed by atoms with van der Waals surface area (Å²) >= 11 is 11.8. The van der Waals surface area contributed by atoms with Gasteiger partial charge in [-0.2, -0.15) is 0 Å². The second-order valence-corrected chi connectivity index (χ2v) is 5.72. The van der Waals surface area contributed by atoms with Crippen molar-refractivity contribution in [3.8, 4) is 0 Å². The number of hydrogen-bond donors (Lipinski definition) is 2. The number of carbonyl (C=O) groups is 1. The summed E-state index contributed by atoms with van der Waals surface area (Å²) in [5.41, 5.74) is 0.592. The number of nitrogens with one attached hydrogen (secondary N) is 1. The molecule has 2 N–H and O–H groups in total. The van der Waals surface area contributed by atoms with Crippen LogP contribution in [0.25, 0.3) is 0 Å². The molecule has 0 radical (unpaired) electrons. The van der Waals surface area contributed by atoms with E-state index in [4.69, 9.17) is 27.9 Å². The molecule has 20 heavy (non-hydrogen) atoms. The largest absolute Gasteiger partial charge is 0.387 e. The van der Waals surface area contributed by atoms with Gasteiger partial charge in [-0.15, -0.1) is 0 Å². The van der Waals surface area contributed by atoms with Gasteiger partial charge in [-0.25, -0.2) is 0 Å². The van der Waals surface area contributed by atoms with Gasteiger partial charge in [0, 0.05) is 35.7 Å². The molecule has 1 aromatic carbocycles. The fourth-order valence-corrected chi connectivity index (χ4v) is 2.73. The fraction of sp³-hybridized carbons (Fsp3) is 0.500. The predicted molar refractivity (Wildman–Crippen MR) is 78.0 cm³/mol. The lowest BCUT2D eigenvalue weighted by molar-refractivity contribution is -0.128. The topological polar surface area (TPSA) is 58.6 Å². The number of halogens is 2. The van der Waals surface area contributed by atoms with E-state index in [1.165, 1.54) is 0 Å². The molecule has 110 valence electrons. The highest BCUT2D eigenvalue weighted by Crippen LogP contribution is 2.23. The molecule has 1 aliphatic heterocycles. The summed E-state index contributed by atoms with van der Waals surface area (Å²) in [5, 5.41) is 13.7. The second kappa shape index (κ2) is 7.27. The van der Waals surface area contributed by atoms with Crippen molar-refractivity contribution in [1.82, 2.24) is 5.32 Å². The summed E-state index contributed by atoms with van der Waals surface area (Å²) in [5.74, 6) is -0.0700. The van der Waals surface area contributed by atoms with Gasteiger partial charge in [0.1, 0.15) is 0 Å². The summed E-state index contributed by atoms with van der Waals surface area (Å²) in [7, 11) is 0. The van der Waals surface area contributed by atoms with Gasteiger partial charge in [-0.05, 0) is 36.6 Å². The first-order valence-corrected chi connectivity index (χ1v) is 7.31. The molecule has 0 spiro atoms. The van der Waals surface area contributed by atoms with Crippen LogP contribution >= 0.6 is 23.2 Å². The highest BCUT2D eigenvalue weighted by atomic mass is 35.5. The molecule has 0 bridgehead atoms. The van der Waals surface area contributed by atoms with Crippen LogP contribution in [0, 0.1) is 5.92 Å². The van der Waals surface area contributed by atoms with Crippen LogP contribution in [0.3, 0.4) is 0 Å². The molecule has 1 aromatic rings. The number of benzene rings is 1. The van der Waals surface area contributed by atoms with E-state index in [0.717, 1.165) is 12.8 Å². The lowest BCUT2D eigenvalue weighted by Gasteiger charge is -2.22. The Balaban J connectivity index is 1.87. The monoisotopic (exact) mass is 317 g/mol. The molecule has 1 atom stereocenters. The van der Waals surface area contributed by atoms with Crippen molar-refractivity contribution in [1.29, 1.82) is 0 Å². The second-order valence-electron chi connectivity index (χ2n) is 4.85. The van der Waals surface area contributed by atoms with E-state index in [1.54, 1.807) is 18.2 Å². The normalized spacial score (nSPS) is 17.8. The molecule has 1 saturated heterocycles. The van der Waals surface area contributed by atoms with Crippen molar-refractivity contribution in [2.24, 2.45) is 5.92 Å². The first-order valence-electron chi connectivity index (χ1n) is 6.56. The van der Waals surface area contributed by atoms with Crippen LogP contribution in [0.1, 0.15) is 24.5 Å². The molecule has 0 aliphatic carbocycles. The van der Waals surface area contributed by atoms with Gasteiger partial charge in [-0.3, -0.25) is 4.79 Å². The van der Waals surface area contributed by atoms with Crippen LogP contribution in [0.5, 0.6) is 0 Å². The average Bonchev–Trinajstić information content (AvgIpc) is 2.44. The van der Waals surface area contributed by atoms with E-state index >= 15 is 0 Å². The van der Waals surface area contributed by atoms with Gasteiger partial charge in [0.15, 0.2) is 0 Å². The van der Waals surface area contributed by atoms with E-state index < -0.39 is 6.10 Å². The van der Waals surface area contributed by atoms with Gasteiger partial charge < -0.3 is 15.2 Å². The van der Waals surface area contributed by atoms with Crippen LogP contribution < -0.4 is 5.32 Å². The van der Waals surface area contributed by atoms with Gasteiger partial charge in [0.05, 0.1) is 6.10 Å².